The molecule has 3 aromatic carbocycles. The van der Waals surface area contributed by atoms with E-state index in [1.165, 1.54) is 0 Å². The van der Waals surface area contributed by atoms with Gasteiger partial charge in [-0.25, -0.2) is 8.78 Å². The summed E-state index contributed by atoms with van der Waals surface area (Å²) >= 11 is 0. The zero-order valence-corrected chi connectivity index (χ0v) is 22.3. The number of hydrogen-bond donors (Lipinski definition) is 1. The van der Waals surface area contributed by atoms with Crippen LogP contribution in [-0.2, 0) is 4.74 Å². The van der Waals surface area contributed by atoms with Crippen molar-refractivity contribution in [3.63, 3.8) is 0 Å². The predicted octanol–water partition coefficient (Wildman–Crippen LogP) is 5.48. The first-order valence-corrected chi connectivity index (χ1v) is 14.1. The molecular weight excluding hydrogens is 514 g/mol. The Morgan fingerprint density at radius 3 is 2.83 bits per heavy atom. The molecule has 0 aliphatic carbocycles. The molecule has 40 heavy (non-hydrogen) atoms. The van der Waals surface area contributed by atoms with Crippen molar-refractivity contribution in [2.75, 3.05) is 50.9 Å². The molecule has 0 amide bonds. The molecule has 208 valence electrons. The van der Waals surface area contributed by atoms with Crippen molar-refractivity contribution in [3.8, 4) is 22.9 Å². The lowest BCUT2D eigenvalue weighted by molar-refractivity contribution is 0.107. The molecule has 0 unspecified atom stereocenters. The quantitative estimate of drug-likeness (QED) is 0.356. The number of nitrogens with zero attached hydrogens (tertiary/aromatic N) is 4. The van der Waals surface area contributed by atoms with E-state index in [9.17, 15) is 9.50 Å². The highest BCUT2D eigenvalue weighted by Gasteiger charge is 2.49. The first kappa shape index (κ1) is 25.4. The van der Waals surface area contributed by atoms with Crippen LogP contribution in [0.15, 0.2) is 48.5 Å². The maximum absolute atomic E-state index is 16.5. The molecule has 0 radical (unpaired) electrons. The Bertz CT molecular complexity index is 1580. The van der Waals surface area contributed by atoms with E-state index in [1.807, 2.05) is 30.3 Å². The van der Waals surface area contributed by atoms with Crippen LogP contribution < -0.4 is 9.64 Å². The maximum Gasteiger partial charge on any atom is 0.319 e. The van der Waals surface area contributed by atoms with Crippen LogP contribution in [0.2, 0.25) is 0 Å². The number of benzene rings is 3. The average Bonchev–Trinajstić information content (AvgIpc) is 3.33. The number of aromatic nitrogens is 2. The molecule has 7 rings (SSSR count). The Hall–Kier alpha value is -3.56. The third kappa shape index (κ3) is 4.41. The monoisotopic (exact) mass is 546 g/mol. The summed E-state index contributed by atoms with van der Waals surface area (Å²) in [6.07, 6.45) is 2.25. The van der Waals surface area contributed by atoms with Gasteiger partial charge in [-0.3, -0.25) is 4.90 Å². The lowest BCUT2D eigenvalue weighted by atomic mass is 9.95. The Morgan fingerprint density at radius 2 is 1.90 bits per heavy atom. The number of halogens is 2. The zero-order valence-electron chi connectivity index (χ0n) is 22.3. The highest BCUT2D eigenvalue weighted by atomic mass is 19.1. The largest absolute Gasteiger partial charge is 0.508 e. The molecule has 9 heteroatoms. The number of ether oxygens (including phenoxy) is 2. The molecule has 3 aliphatic rings. The normalized spacial score (nSPS) is 23.6. The predicted molar refractivity (Wildman–Crippen MR) is 150 cm³/mol. The molecular formula is C31H32F2N4O3. The molecule has 1 aromatic heterocycles. The van der Waals surface area contributed by atoms with Gasteiger partial charge in [0, 0.05) is 43.6 Å². The molecule has 0 saturated carbocycles. The van der Waals surface area contributed by atoms with E-state index in [1.54, 1.807) is 18.2 Å². The van der Waals surface area contributed by atoms with Gasteiger partial charge in [-0.2, -0.15) is 9.97 Å². The van der Waals surface area contributed by atoms with Crippen molar-refractivity contribution in [2.45, 2.75) is 37.4 Å². The van der Waals surface area contributed by atoms with Gasteiger partial charge in [-0.1, -0.05) is 30.3 Å². The number of phenols is 1. The molecule has 3 aliphatic heterocycles. The van der Waals surface area contributed by atoms with Crippen LogP contribution in [-0.4, -0.2) is 77.7 Å². The first-order valence-electron chi connectivity index (χ1n) is 14.1. The smallest absolute Gasteiger partial charge is 0.319 e. The number of aromatic hydroxyl groups is 1. The number of hydrogen-bond acceptors (Lipinski definition) is 7. The summed E-state index contributed by atoms with van der Waals surface area (Å²) in [7, 11) is 0. The minimum atomic E-state index is -0.869. The van der Waals surface area contributed by atoms with Gasteiger partial charge in [0.2, 0.25) is 0 Å². The fourth-order valence-corrected chi connectivity index (χ4v) is 6.76. The van der Waals surface area contributed by atoms with Crippen LogP contribution in [0.1, 0.15) is 25.7 Å². The highest BCUT2D eigenvalue weighted by Crippen LogP contribution is 2.41. The zero-order chi connectivity index (χ0) is 27.3. The van der Waals surface area contributed by atoms with E-state index in [-0.39, 0.29) is 29.4 Å². The summed E-state index contributed by atoms with van der Waals surface area (Å²) in [5.74, 6) is 0.165. The first-order chi connectivity index (χ1) is 19.5. The summed E-state index contributed by atoms with van der Waals surface area (Å²) in [4.78, 5) is 13.7. The van der Waals surface area contributed by atoms with Gasteiger partial charge in [0.1, 0.15) is 29.9 Å². The van der Waals surface area contributed by atoms with Gasteiger partial charge in [0.25, 0.3) is 0 Å². The van der Waals surface area contributed by atoms with Crippen molar-refractivity contribution in [1.29, 1.82) is 0 Å². The molecule has 0 spiro atoms. The molecule has 4 aromatic rings. The summed E-state index contributed by atoms with van der Waals surface area (Å²) in [6, 6.07) is 14.5. The molecule has 2 atom stereocenters. The van der Waals surface area contributed by atoms with E-state index in [0.717, 1.165) is 36.6 Å². The van der Waals surface area contributed by atoms with Crippen molar-refractivity contribution in [3.05, 3.63) is 54.3 Å². The molecule has 7 nitrogen and oxygen atoms in total. The maximum atomic E-state index is 16.5. The van der Waals surface area contributed by atoms with Gasteiger partial charge < -0.3 is 19.5 Å². The lowest BCUT2D eigenvalue weighted by Gasteiger charge is -2.31. The van der Waals surface area contributed by atoms with Crippen LogP contribution in [0.3, 0.4) is 0 Å². The molecule has 1 N–H and O–H groups in total. The van der Waals surface area contributed by atoms with Crippen LogP contribution in [0.25, 0.3) is 32.8 Å². The molecule has 4 heterocycles. The van der Waals surface area contributed by atoms with Crippen LogP contribution in [0, 0.1) is 5.82 Å². The summed E-state index contributed by atoms with van der Waals surface area (Å²) < 4.78 is 42.7. The van der Waals surface area contributed by atoms with Gasteiger partial charge in [-0.05, 0) is 60.3 Å². The van der Waals surface area contributed by atoms with E-state index >= 15 is 4.39 Å². The Morgan fingerprint density at radius 1 is 1.00 bits per heavy atom. The second-order valence-electron chi connectivity index (χ2n) is 11.2. The second kappa shape index (κ2) is 10.1. The number of anilines is 1. The second-order valence-corrected chi connectivity index (χ2v) is 11.2. The number of phenolic OH excluding ortho intramolecular Hbond substituents is 1. The van der Waals surface area contributed by atoms with Crippen molar-refractivity contribution >= 4 is 27.5 Å². The number of rotatable bonds is 5. The van der Waals surface area contributed by atoms with Gasteiger partial charge in [0.05, 0.1) is 12.1 Å². The van der Waals surface area contributed by atoms with Crippen LogP contribution >= 0.6 is 0 Å². The topological polar surface area (TPSA) is 71.0 Å². The van der Waals surface area contributed by atoms with Crippen molar-refractivity contribution in [2.24, 2.45) is 0 Å². The fraction of sp³-hybridized carbons (Fsp3) is 0.419. The van der Waals surface area contributed by atoms with E-state index in [0.29, 0.717) is 61.6 Å². The van der Waals surface area contributed by atoms with Crippen molar-refractivity contribution in [1.82, 2.24) is 14.9 Å². The Labute approximate surface area is 231 Å². The average molecular weight is 547 g/mol. The number of fused-ring (bicyclic) bond motifs is 3. The molecule has 3 fully saturated rings. The van der Waals surface area contributed by atoms with Gasteiger partial charge in [0.15, 0.2) is 5.82 Å². The third-order valence-electron chi connectivity index (χ3n) is 8.66. The Kier molecular flexibility index (Phi) is 6.43. The molecule has 0 bridgehead atoms. The highest BCUT2D eigenvalue weighted by molar-refractivity contribution is 6.01. The van der Waals surface area contributed by atoms with Gasteiger partial charge in [-0.15, -0.1) is 0 Å². The molecule has 3 saturated heterocycles. The van der Waals surface area contributed by atoms with Gasteiger partial charge >= 0.3 is 6.01 Å². The summed E-state index contributed by atoms with van der Waals surface area (Å²) in [5, 5.41) is 12.6. The van der Waals surface area contributed by atoms with Crippen LogP contribution in [0.5, 0.6) is 11.8 Å². The lowest BCUT2D eigenvalue weighted by Crippen LogP contribution is -2.43. The third-order valence-corrected chi connectivity index (χ3v) is 8.66. The minimum Gasteiger partial charge on any atom is -0.508 e. The fourth-order valence-electron chi connectivity index (χ4n) is 6.76. The SMILES string of the molecule is Oc1cc(-c2ccc3c(N4CCCOCC4)nc(OC[C@@]45CCCN4C[C@H](F)C5)nc3c2F)c2ccccc2c1. The van der Waals surface area contributed by atoms with E-state index in [4.69, 9.17) is 14.5 Å². The standard InChI is InChI=1S/C31H32F2N4O3/c32-21-17-31(9-3-11-37(31)18-21)19-40-30-34-28-25(29(35-30)36-10-4-13-39-14-12-36)8-7-24(27(28)33)26-16-22(38)15-20-5-1-2-6-23(20)26/h1-2,5-8,15-16,21,38H,3-4,9-14,17-19H2/t21-,31+/m1/s1. The minimum absolute atomic E-state index is 0.0632. The summed E-state index contributed by atoms with van der Waals surface area (Å²) in [5.41, 5.74) is 0.716. The van der Waals surface area contributed by atoms with E-state index in [2.05, 4.69) is 14.8 Å². The van der Waals surface area contributed by atoms with Crippen molar-refractivity contribution < 1.29 is 23.4 Å². The number of alkyl halides is 1. The summed E-state index contributed by atoms with van der Waals surface area (Å²) in [6.45, 7) is 4.09. The van der Waals surface area contributed by atoms with Crippen LogP contribution in [0.4, 0.5) is 14.6 Å². The Balaban J connectivity index is 1.34. The van der Waals surface area contributed by atoms with E-state index < -0.39 is 12.0 Å².